The van der Waals surface area contributed by atoms with E-state index in [0.717, 1.165) is 89.9 Å². The minimum Gasteiger partial charge on any atom is -0.462 e. The lowest BCUT2D eigenvalue weighted by molar-refractivity contribution is -0.151. The number of carbonyl (C=O) groups excluding carboxylic acids is 2. The monoisotopic (exact) mass is 826 g/mol. The molecule has 0 saturated heterocycles. The minimum atomic E-state index is -0.794. The van der Waals surface area contributed by atoms with Crippen LogP contribution in [0.2, 0.25) is 0 Å². The Morgan fingerprint density at radius 1 is 0.508 bits per heavy atom. The highest BCUT2D eigenvalue weighted by Gasteiger charge is 2.24. The van der Waals surface area contributed by atoms with Crippen LogP contribution in [0.1, 0.15) is 239 Å². The van der Waals surface area contributed by atoms with E-state index in [4.69, 9.17) is 4.74 Å². The predicted octanol–water partition coefficient (Wildman–Crippen LogP) is 14.8. The summed E-state index contributed by atoms with van der Waals surface area (Å²) < 4.78 is 5.92. The number of rotatable bonds is 44. The molecular formula is C53H95NO5. The summed E-state index contributed by atoms with van der Waals surface area (Å²) in [4.78, 5) is 26.1. The fourth-order valence-corrected chi connectivity index (χ4v) is 7.38. The zero-order valence-corrected chi connectivity index (χ0v) is 38.9. The van der Waals surface area contributed by atoms with Crippen molar-refractivity contribution in [2.24, 2.45) is 0 Å². The molecule has 3 atom stereocenters. The molecule has 0 bridgehead atoms. The Morgan fingerprint density at radius 3 is 1.44 bits per heavy atom. The van der Waals surface area contributed by atoms with Gasteiger partial charge in [-0.15, -0.1) is 0 Å². The van der Waals surface area contributed by atoms with Gasteiger partial charge in [-0.1, -0.05) is 216 Å². The summed E-state index contributed by atoms with van der Waals surface area (Å²) in [5.41, 5.74) is 0. The molecular weight excluding hydrogens is 731 g/mol. The van der Waals surface area contributed by atoms with Crippen LogP contribution in [0.25, 0.3) is 0 Å². The molecule has 6 nitrogen and oxygen atoms in total. The molecule has 0 aliphatic rings. The number of allylic oxidation sites excluding steroid dienone is 10. The summed E-state index contributed by atoms with van der Waals surface area (Å²) in [5.74, 6) is -0.508. The SMILES string of the molecule is CC/C=C/C=C/C=C/C=C\CCCCCCCC(=O)OC(CCCCCCC/C=C/CCCCCCCC)CC(=O)NC(CO)C(O)CCCCCCCCCCCC. The van der Waals surface area contributed by atoms with Gasteiger partial charge in [0.25, 0.3) is 0 Å². The number of carbonyl (C=O) groups is 2. The molecule has 1 amide bonds. The number of aliphatic hydroxyl groups is 2. The lowest BCUT2D eigenvalue weighted by atomic mass is 10.0. The van der Waals surface area contributed by atoms with Crippen LogP contribution in [0, 0.1) is 0 Å². The van der Waals surface area contributed by atoms with E-state index in [1.54, 1.807) is 0 Å². The fraction of sp³-hybridized carbons (Fsp3) is 0.774. The topological polar surface area (TPSA) is 95.9 Å². The van der Waals surface area contributed by atoms with Crippen LogP contribution in [0.15, 0.2) is 60.8 Å². The van der Waals surface area contributed by atoms with Gasteiger partial charge in [-0.3, -0.25) is 9.59 Å². The predicted molar refractivity (Wildman–Crippen MR) is 255 cm³/mol. The first-order valence-electron chi connectivity index (χ1n) is 25.1. The first-order valence-corrected chi connectivity index (χ1v) is 25.1. The van der Waals surface area contributed by atoms with Crippen molar-refractivity contribution in [3.8, 4) is 0 Å². The minimum absolute atomic E-state index is 0.0610. The van der Waals surface area contributed by atoms with Gasteiger partial charge in [0.1, 0.15) is 6.10 Å². The molecule has 0 aliphatic heterocycles. The summed E-state index contributed by atoms with van der Waals surface area (Å²) in [6, 6.07) is -0.709. The maximum atomic E-state index is 13.2. The van der Waals surface area contributed by atoms with Crippen molar-refractivity contribution in [1.82, 2.24) is 5.32 Å². The van der Waals surface area contributed by atoms with Crippen molar-refractivity contribution in [2.45, 2.75) is 257 Å². The number of hydrogen-bond donors (Lipinski definition) is 3. The molecule has 0 aromatic carbocycles. The molecule has 3 unspecified atom stereocenters. The van der Waals surface area contributed by atoms with Crippen LogP contribution in [0.4, 0.5) is 0 Å². The molecule has 3 N–H and O–H groups in total. The Kier molecular flexibility index (Phi) is 44.7. The molecule has 0 aromatic heterocycles. The van der Waals surface area contributed by atoms with Gasteiger partial charge in [-0.2, -0.15) is 0 Å². The highest BCUT2D eigenvalue weighted by Crippen LogP contribution is 2.17. The second kappa shape index (κ2) is 46.6. The van der Waals surface area contributed by atoms with Crippen LogP contribution in [0.5, 0.6) is 0 Å². The Bertz CT molecular complexity index is 1060. The zero-order chi connectivity index (χ0) is 43.1. The van der Waals surface area contributed by atoms with Gasteiger partial charge < -0.3 is 20.3 Å². The van der Waals surface area contributed by atoms with Crippen LogP contribution in [0.3, 0.4) is 0 Å². The average molecular weight is 826 g/mol. The van der Waals surface area contributed by atoms with E-state index < -0.39 is 18.2 Å². The molecule has 342 valence electrons. The third-order valence-corrected chi connectivity index (χ3v) is 11.2. The van der Waals surface area contributed by atoms with Crippen molar-refractivity contribution in [3.63, 3.8) is 0 Å². The van der Waals surface area contributed by atoms with Crippen molar-refractivity contribution < 1.29 is 24.5 Å². The first kappa shape index (κ1) is 56.6. The van der Waals surface area contributed by atoms with E-state index in [9.17, 15) is 19.8 Å². The molecule has 0 rings (SSSR count). The highest BCUT2D eigenvalue weighted by atomic mass is 16.5. The van der Waals surface area contributed by atoms with Crippen LogP contribution in [-0.2, 0) is 14.3 Å². The summed E-state index contributed by atoms with van der Waals surface area (Å²) >= 11 is 0. The second-order valence-corrected chi connectivity index (χ2v) is 16.9. The third kappa shape index (κ3) is 42.1. The number of amides is 1. The van der Waals surface area contributed by atoms with E-state index in [0.29, 0.717) is 19.3 Å². The maximum Gasteiger partial charge on any atom is 0.306 e. The largest absolute Gasteiger partial charge is 0.462 e. The number of hydrogen-bond acceptors (Lipinski definition) is 5. The van der Waals surface area contributed by atoms with Crippen molar-refractivity contribution in [3.05, 3.63) is 60.8 Å². The Labute approximate surface area is 365 Å². The van der Waals surface area contributed by atoms with Gasteiger partial charge in [-0.05, 0) is 70.6 Å². The molecule has 0 saturated carbocycles. The summed E-state index contributed by atoms with van der Waals surface area (Å²) in [6.45, 7) is 6.32. The van der Waals surface area contributed by atoms with Crippen LogP contribution >= 0.6 is 0 Å². The lowest BCUT2D eigenvalue weighted by Crippen LogP contribution is -2.46. The van der Waals surface area contributed by atoms with E-state index in [1.165, 1.54) is 103 Å². The van der Waals surface area contributed by atoms with Gasteiger partial charge in [0, 0.05) is 6.42 Å². The zero-order valence-electron chi connectivity index (χ0n) is 38.9. The molecule has 0 aliphatic carbocycles. The third-order valence-electron chi connectivity index (χ3n) is 11.2. The Hall–Kier alpha value is -2.44. The number of nitrogens with one attached hydrogen (secondary N) is 1. The van der Waals surface area contributed by atoms with Crippen LogP contribution in [-0.4, -0.2) is 46.9 Å². The summed E-state index contributed by atoms with van der Waals surface area (Å²) in [6.07, 6.45) is 57.0. The number of esters is 1. The fourth-order valence-electron chi connectivity index (χ4n) is 7.38. The lowest BCUT2D eigenvalue weighted by Gasteiger charge is -2.24. The van der Waals surface area contributed by atoms with E-state index in [2.05, 4.69) is 68.6 Å². The van der Waals surface area contributed by atoms with Gasteiger partial charge in [0.05, 0.1) is 25.2 Å². The number of aliphatic hydroxyl groups excluding tert-OH is 2. The van der Waals surface area contributed by atoms with Crippen molar-refractivity contribution >= 4 is 11.9 Å². The summed E-state index contributed by atoms with van der Waals surface area (Å²) in [5, 5.41) is 23.7. The van der Waals surface area contributed by atoms with Gasteiger partial charge >= 0.3 is 5.97 Å². The maximum absolute atomic E-state index is 13.2. The van der Waals surface area contributed by atoms with Crippen LogP contribution < -0.4 is 5.32 Å². The Balaban J connectivity index is 4.65. The standard InChI is InChI=1S/C53H95NO5/c1-4-7-10-13-16-19-22-24-26-28-30-32-35-38-41-44-49(59-53(58)46-43-40-37-34-31-29-27-25-23-20-17-14-11-8-5-2)47-52(57)54-50(48-55)51(56)45-42-39-36-33-21-18-15-12-9-6-3/h8,11,14,17,20,23-27,49-51,55-56H,4-7,9-10,12-13,15-16,18-19,21-22,28-48H2,1-3H3,(H,54,57)/b11-8+,17-14+,23-20+,26-24+,27-25-. The first-order chi connectivity index (χ1) is 29.0. The molecule has 0 fully saturated rings. The number of ether oxygens (including phenoxy) is 1. The molecule has 0 radical (unpaired) electrons. The quantitative estimate of drug-likeness (QED) is 0.0246. The second-order valence-electron chi connectivity index (χ2n) is 16.9. The van der Waals surface area contributed by atoms with E-state index >= 15 is 0 Å². The molecule has 59 heavy (non-hydrogen) atoms. The number of unbranched alkanes of at least 4 members (excludes halogenated alkanes) is 25. The Morgan fingerprint density at radius 2 is 0.932 bits per heavy atom. The van der Waals surface area contributed by atoms with Gasteiger partial charge in [-0.25, -0.2) is 0 Å². The molecule has 0 heterocycles. The van der Waals surface area contributed by atoms with Gasteiger partial charge in [0.2, 0.25) is 5.91 Å². The van der Waals surface area contributed by atoms with E-state index in [1.807, 2.05) is 18.2 Å². The molecule has 6 heteroatoms. The summed E-state index contributed by atoms with van der Waals surface area (Å²) in [7, 11) is 0. The molecule has 0 spiro atoms. The smallest absolute Gasteiger partial charge is 0.306 e. The average Bonchev–Trinajstić information content (AvgIpc) is 3.23. The van der Waals surface area contributed by atoms with Crippen molar-refractivity contribution in [2.75, 3.05) is 6.61 Å². The highest BCUT2D eigenvalue weighted by molar-refractivity contribution is 5.77. The van der Waals surface area contributed by atoms with Gasteiger partial charge in [0.15, 0.2) is 0 Å². The van der Waals surface area contributed by atoms with E-state index in [-0.39, 0.29) is 24.9 Å². The van der Waals surface area contributed by atoms with Crippen molar-refractivity contribution in [1.29, 1.82) is 0 Å². The molecule has 0 aromatic rings. The normalized spacial score (nSPS) is 13.8.